The maximum Gasteiger partial charge on any atom is 0.235 e. The van der Waals surface area contributed by atoms with Crippen molar-refractivity contribution in [2.24, 2.45) is 16.8 Å². The highest BCUT2D eigenvalue weighted by molar-refractivity contribution is 9.10. The third kappa shape index (κ3) is 4.12. The molecule has 1 aromatic carbocycles. The fraction of sp³-hybridized carbons (Fsp3) is 0.385. The predicted octanol–water partition coefficient (Wildman–Crippen LogP) is 2.56. The van der Waals surface area contributed by atoms with Gasteiger partial charge in [0.05, 0.1) is 17.5 Å². The highest BCUT2D eigenvalue weighted by atomic mass is 79.9. The third-order valence-corrected chi connectivity index (χ3v) is 3.44. The van der Waals surface area contributed by atoms with Gasteiger partial charge in [-0.3, -0.25) is 4.79 Å². The first-order valence-corrected chi connectivity index (χ1v) is 6.94. The molecule has 1 unspecified atom stereocenters. The number of methoxy groups -OCH3 is 1. The summed E-state index contributed by atoms with van der Waals surface area (Å²) in [6.07, 6.45) is 1.26. The largest absolute Gasteiger partial charge is 0.495 e. The number of nitrogens with zero attached hydrogens (tertiary/aromatic N) is 1. The standard InChI is InChI=1S/C13H18BrN3O3/c1-3-4-9(12(15)17-19)13(18)16-8-5-6-10(14)11(7-8)20-2/h5-7,9,19H,3-4H2,1-2H3,(H2,15,17)(H,16,18). The van der Waals surface area contributed by atoms with Crippen molar-refractivity contribution in [3.8, 4) is 5.75 Å². The molecule has 0 aliphatic rings. The van der Waals surface area contributed by atoms with Crippen LogP contribution in [0.5, 0.6) is 5.75 Å². The van der Waals surface area contributed by atoms with Crippen LogP contribution in [-0.2, 0) is 4.79 Å². The van der Waals surface area contributed by atoms with E-state index in [4.69, 9.17) is 15.7 Å². The quantitative estimate of drug-likeness (QED) is 0.320. The summed E-state index contributed by atoms with van der Waals surface area (Å²) in [7, 11) is 1.54. The minimum Gasteiger partial charge on any atom is -0.495 e. The number of carbonyl (C=O) groups excluding carboxylic acids is 1. The Morgan fingerprint density at radius 3 is 2.85 bits per heavy atom. The van der Waals surface area contributed by atoms with E-state index in [1.165, 1.54) is 0 Å². The third-order valence-electron chi connectivity index (χ3n) is 2.78. The molecule has 0 heterocycles. The second kappa shape index (κ2) is 7.74. The highest BCUT2D eigenvalue weighted by Crippen LogP contribution is 2.28. The van der Waals surface area contributed by atoms with Crippen molar-refractivity contribution in [2.75, 3.05) is 12.4 Å². The number of nitrogens with two attached hydrogens (primary N) is 1. The summed E-state index contributed by atoms with van der Waals surface area (Å²) < 4.78 is 5.95. The van der Waals surface area contributed by atoms with E-state index in [9.17, 15) is 4.79 Å². The summed E-state index contributed by atoms with van der Waals surface area (Å²) in [5, 5.41) is 14.4. The number of ether oxygens (including phenoxy) is 1. The number of benzene rings is 1. The summed E-state index contributed by atoms with van der Waals surface area (Å²) in [5.74, 6) is -0.446. The van der Waals surface area contributed by atoms with Gasteiger partial charge in [-0.1, -0.05) is 18.5 Å². The minimum absolute atomic E-state index is 0.0894. The van der Waals surface area contributed by atoms with Crippen LogP contribution in [0.15, 0.2) is 27.8 Å². The molecule has 0 radical (unpaired) electrons. The lowest BCUT2D eigenvalue weighted by Gasteiger charge is -2.15. The summed E-state index contributed by atoms with van der Waals surface area (Å²) in [6, 6.07) is 5.20. The molecule has 7 heteroatoms. The molecule has 0 spiro atoms. The van der Waals surface area contributed by atoms with Crippen LogP contribution in [0.2, 0.25) is 0 Å². The topological polar surface area (TPSA) is 96.9 Å². The van der Waals surface area contributed by atoms with Crippen molar-refractivity contribution < 1.29 is 14.7 Å². The molecule has 0 saturated heterocycles. The second-order valence-electron chi connectivity index (χ2n) is 4.20. The molecule has 110 valence electrons. The van der Waals surface area contributed by atoms with Crippen LogP contribution in [-0.4, -0.2) is 24.1 Å². The van der Waals surface area contributed by atoms with Gasteiger partial charge >= 0.3 is 0 Å². The van der Waals surface area contributed by atoms with Gasteiger partial charge in [-0.2, -0.15) is 0 Å². The minimum atomic E-state index is -0.653. The van der Waals surface area contributed by atoms with Crippen molar-refractivity contribution in [1.82, 2.24) is 0 Å². The molecule has 1 aromatic rings. The molecule has 0 aliphatic heterocycles. The van der Waals surface area contributed by atoms with Gasteiger partial charge in [-0.15, -0.1) is 0 Å². The van der Waals surface area contributed by atoms with Crippen LogP contribution >= 0.6 is 15.9 Å². The molecule has 1 rings (SSSR count). The Hall–Kier alpha value is -1.76. The van der Waals surface area contributed by atoms with Crippen molar-refractivity contribution in [1.29, 1.82) is 0 Å². The lowest BCUT2D eigenvalue weighted by atomic mass is 10.0. The maximum atomic E-state index is 12.2. The van der Waals surface area contributed by atoms with Gasteiger partial charge in [0.1, 0.15) is 5.75 Å². The van der Waals surface area contributed by atoms with Crippen LogP contribution in [0.4, 0.5) is 5.69 Å². The van der Waals surface area contributed by atoms with Crippen molar-refractivity contribution in [2.45, 2.75) is 19.8 Å². The average molecular weight is 344 g/mol. The number of rotatable bonds is 6. The van der Waals surface area contributed by atoms with Gasteiger partial charge in [0, 0.05) is 11.8 Å². The van der Waals surface area contributed by atoms with E-state index in [-0.39, 0.29) is 11.7 Å². The Bertz CT molecular complexity index is 506. The van der Waals surface area contributed by atoms with Crippen LogP contribution in [0, 0.1) is 5.92 Å². The summed E-state index contributed by atoms with van der Waals surface area (Å²) in [6.45, 7) is 1.92. The Kier molecular flexibility index (Phi) is 6.30. The van der Waals surface area contributed by atoms with Gasteiger partial charge in [0.25, 0.3) is 0 Å². The molecule has 20 heavy (non-hydrogen) atoms. The zero-order chi connectivity index (χ0) is 15.1. The fourth-order valence-electron chi connectivity index (χ4n) is 1.74. The van der Waals surface area contributed by atoms with Gasteiger partial charge in [-0.25, -0.2) is 0 Å². The molecule has 4 N–H and O–H groups in total. The number of halogens is 1. The van der Waals surface area contributed by atoms with Crippen LogP contribution < -0.4 is 15.8 Å². The molecule has 0 aliphatic carbocycles. The first kappa shape index (κ1) is 16.3. The van der Waals surface area contributed by atoms with Gasteiger partial charge in [-0.05, 0) is 34.5 Å². The molecule has 0 saturated carbocycles. The average Bonchev–Trinajstić information content (AvgIpc) is 2.45. The molecule has 0 bridgehead atoms. The zero-order valence-corrected chi connectivity index (χ0v) is 13.0. The number of carbonyl (C=O) groups is 1. The fourth-order valence-corrected chi connectivity index (χ4v) is 2.15. The Labute approximate surface area is 126 Å². The normalized spacial score (nSPS) is 12.8. The number of amides is 1. The number of amidine groups is 1. The summed E-state index contributed by atoms with van der Waals surface area (Å²) in [4.78, 5) is 12.2. The van der Waals surface area contributed by atoms with E-state index in [0.717, 1.165) is 10.9 Å². The SMILES string of the molecule is CCCC(C(=O)Nc1ccc(Br)c(OC)c1)/C(N)=N/O. The molecule has 6 nitrogen and oxygen atoms in total. The lowest BCUT2D eigenvalue weighted by molar-refractivity contribution is -0.118. The Balaban J connectivity index is 2.88. The second-order valence-corrected chi connectivity index (χ2v) is 5.06. The first-order chi connectivity index (χ1) is 9.53. The van der Waals surface area contributed by atoms with E-state index in [0.29, 0.717) is 17.9 Å². The van der Waals surface area contributed by atoms with E-state index >= 15 is 0 Å². The molecule has 1 amide bonds. The summed E-state index contributed by atoms with van der Waals surface area (Å²) >= 11 is 3.34. The number of hydrogen-bond donors (Lipinski definition) is 3. The highest BCUT2D eigenvalue weighted by Gasteiger charge is 2.22. The molecule has 1 atom stereocenters. The Morgan fingerprint density at radius 1 is 1.60 bits per heavy atom. The van der Waals surface area contributed by atoms with Crippen molar-refractivity contribution in [3.05, 3.63) is 22.7 Å². The predicted molar refractivity (Wildman–Crippen MR) is 81.1 cm³/mol. The number of nitrogens with one attached hydrogen (secondary N) is 1. The monoisotopic (exact) mass is 343 g/mol. The number of hydrogen-bond acceptors (Lipinski definition) is 4. The summed E-state index contributed by atoms with van der Waals surface area (Å²) in [5.41, 5.74) is 6.13. The molecule has 0 fully saturated rings. The van der Waals surface area contributed by atoms with Crippen molar-refractivity contribution >= 4 is 33.4 Å². The number of anilines is 1. The van der Waals surface area contributed by atoms with E-state index < -0.39 is 5.92 Å². The maximum absolute atomic E-state index is 12.2. The van der Waals surface area contributed by atoms with Crippen LogP contribution in [0.1, 0.15) is 19.8 Å². The van der Waals surface area contributed by atoms with Crippen molar-refractivity contribution in [3.63, 3.8) is 0 Å². The van der Waals surface area contributed by atoms with E-state index in [1.807, 2.05) is 6.92 Å². The number of oxime groups is 1. The zero-order valence-electron chi connectivity index (χ0n) is 11.4. The molecular formula is C13H18BrN3O3. The lowest BCUT2D eigenvalue weighted by Crippen LogP contribution is -2.34. The van der Waals surface area contributed by atoms with Gasteiger partial charge in [0.15, 0.2) is 5.84 Å². The first-order valence-electron chi connectivity index (χ1n) is 6.15. The molecular weight excluding hydrogens is 326 g/mol. The van der Waals surface area contributed by atoms with Crippen LogP contribution in [0.25, 0.3) is 0 Å². The van der Waals surface area contributed by atoms with E-state index in [1.54, 1.807) is 25.3 Å². The molecule has 0 aromatic heterocycles. The van der Waals surface area contributed by atoms with Gasteiger partial charge in [0.2, 0.25) is 5.91 Å². The van der Waals surface area contributed by atoms with Crippen LogP contribution in [0.3, 0.4) is 0 Å². The van der Waals surface area contributed by atoms with E-state index in [2.05, 4.69) is 26.4 Å². The van der Waals surface area contributed by atoms with Gasteiger partial charge < -0.3 is 21.0 Å². The Morgan fingerprint density at radius 2 is 2.30 bits per heavy atom. The smallest absolute Gasteiger partial charge is 0.235 e.